The third-order valence-corrected chi connectivity index (χ3v) is 8.19. The van der Waals surface area contributed by atoms with E-state index < -0.39 is 26.4 Å². The van der Waals surface area contributed by atoms with Crippen molar-refractivity contribution in [2.45, 2.75) is 31.1 Å². The first-order chi connectivity index (χ1) is 17.9. The van der Waals surface area contributed by atoms with Crippen LogP contribution < -0.4 is 9.04 Å². The van der Waals surface area contributed by atoms with E-state index in [-0.39, 0.29) is 32.3 Å². The van der Waals surface area contributed by atoms with E-state index in [0.29, 0.717) is 16.1 Å². The minimum Gasteiger partial charge on any atom is -0.464 e. The van der Waals surface area contributed by atoms with Crippen LogP contribution in [0.5, 0.6) is 11.5 Å². The molecule has 4 aromatic rings. The zero-order valence-electron chi connectivity index (χ0n) is 20.2. The molecule has 0 aliphatic carbocycles. The van der Waals surface area contributed by atoms with E-state index in [1.54, 1.807) is 0 Å². The van der Waals surface area contributed by atoms with Crippen molar-refractivity contribution in [1.82, 2.24) is 19.9 Å². The topological polar surface area (TPSA) is 159 Å². The van der Waals surface area contributed by atoms with Gasteiger partial charge in [0.25, 0.3) is 10.0 Å². The van der Waals surface area contributed by atoms with E-state index in [2.05, 4.69) is 19.9 Å². The van der Waals surface area contributed by atoms with Crippen LogP contribution in [0.1, 0.15) is 31.3 Å². The number of halogens is 1. The number of carboxylic acid groups (broad SMARTS) is 1. The van der Waals surface area contributed by atoms with Gasteiger partial charge in [0.1, 0.15) is 28.3 Å². The Morgan fingerprint density at radius 2 is 1.87 bits per heavy atom. The van der Waals surface area contributed by atoms with Crippen molar-refractivity contribution in [2.75, 3.05) is 4.31 Å². The first-order valence-electron chi connectivity index (χ1n) is 10.8. The monoisotopic (exact) mass is 570 g/mol. The molecule has 0 spiro atoms. The number of rotatable bonds is 6. The van der Waals surface area contributed by atoms with E-state index >= 15 is 0 Å². The molecule has 1 amide bonds. The number of aromatic nitrogens is 4. The van der Waals surface area contributed by atoms with Gasteiger partial charge in [0.2, 0.25) is 0 Å². The molecule has 4 rings (SSSR count). The van der Waals surface area contributed by atoms with Crippen molar-refractivity contribution in [3.8, 4) is 28.7 Å². The molecule has 0 radical (unpaired) electrons. The number of amides is 1. The summed E-state index contributed by atoms with van der Waals surface area (Å²) in [5.41, 5.74) is 0.488. The minimum absolute atomic E-state index is 0.0132. The number of carbonyl (C=O) groups is 1. The molecule has 1 aromatic carbocycles. The van der Waals surface area contributed by atoms with Gasteiger partial charge in [-0.15, -0.1) is 15.6 Å². The van der Waals surface area contributed by atoms with Gasteiger partial charge in [0.05, 0.1) is 16.7 Å². The first-order valence-corrected chi connectivity index (χ1v) is 13.5. The average Bonchev–Trinajstić information content (AvgIpc) is 3.35. The van der Waals surface area contributed by atoms with Crippen molar-refractivity contribution in [2.24, 2.45) is 0 Å². The van der Waals surface area contributed by atoms with Crippen LogP contribution in [0.3, 0.4) is 0 Å². The van der Waals surface area contributed by atoms with Crippen LogP contribution in [-0.2, 0) is 15.4 Å². The number of thiazole rings is 1. The van der Waals surface area contributed by atoms with Gasteiger partial charge in [-0.1, -0.05) is 32.4 Å². The molecule has 0 aliphatic rings. The summed E-state index contributed by atoms with van der Waals surface area (Å²) < 4.78 is 32.8. The van der Waals surface area contributed by atoms with Crippen LogP contribution in [-0.4, -0.2) is 39.6 Å². The Balaban J connectivity index is 1.73. The smallest absolute Gasteiger partial charge is 0.427 e. The van der Waals surface area contributed by atoms with E-state index in [4.69, 9.17) is 16.3 Å². The Kier molecular flexibility index (Phi) is 7.32. The van der Waals surface area contributed by atoms with Gasteiger partial charge >= 0.3 is 6.09 Å². The number of anilines is 1. The molecule has 0 bridgehead atoms. The highest BCUT2D eigenvalue weighted by Crippen LogP contribution is 2.36. The zero-order chi connectivity index (χ0) is 27.7. The largest absolute Gasteiger partial charge is 0.464 e. The molecule has 14 heteroatoms. The normalized spacial score (nSPS) is 11.6. The fourth-order valence-corrected chi connectivity index (χ4v) is 5.62. The van der Waals surface area contributed by atoms with Gasteiger partial charge in [-0.05, 0) is 24.3 Å². The van der Waals surface area contributed by atoms with Crippen LogP contribution in [0.2, 0.25) is 5.15 Å². The van der Waals surface area contributed by atoms with Crippen LogP contribution >= 0.6 is 22.9 Å². The van der Waals surface area contributed by atoms with Gasteiger partial charge < -0.3 is 9.84 Å². The maximum absolute atomic E-state index is 13.4. The maximum atomic E-state index is 13.4. The fraction of sp³-hybridized carbons (Fsp3) is 0.167. The van der Waals surface area contributed by atoms with Crippen molar-refractivity contribution in [3.05, 3.63) is 70.3 Å². The van der Waals surface area contributed by atoms with Gasteiger partial charge in [-0.2, -0.15) is 5.26 Å². The summed E-state index contributed by atoms with van der Waals surface area (Å²) >= 11 is 7.20. The summed E-state index contributed by atoms with van der Waals surface area (Å²) in [5.74, 6) is -0.0342. The molecular formula is C24H19ClN6O5S2. The van der Waals surface area contributed by atoms with Gasteiger partial charge in [-0.25, -0.2) is 33.1 Å². The van der Waals surface area contributed by atoms with Crippen LogP contribution in [0.15, 0.2) is 59.5 Å². The SMILES string of the molecule is CC(C)(C)c1nc(N(C(=O)O)S(=O)(=O)c2ccc(Oc3cnc(Cl)cc3-c3cncnc3)c(C#N)c2)cs1. The lowest BCUT2D eigenvalue weighted by atomic mass is 9.98. The average molecular weight is 571 g/mol. The van der Waals surface area contributed by atoms with E-state index in [9.17, 15) is 23.6 Å². The van der Waals surface area contributed by atoms with Crippen LogP contribution in [0.25, 0.3) is 11.1 Å². The second-order valence-corrected chi connectivity index (χ2v) is 11.8. The van der Waals surface area contributed by atoms with Crippen molar-refractivity contribution >= 4 is 44.9 Å². The summed E-state index contributed by atoms with van der Waals surface area (Å²) in [6.07, 6.45) is 4.04. The number of benzene rings is 1. The highest BCUT2D eigenvalue weighted by atomic mass is 35.5. The minimum atomic E-state index is -4.64. The standard InChI is InChI=1S/C24H19ClN6O5S2/c1-24(2,3)22-30-21(12-37-22)31(23(32)33)38(34,35)16-4-5-18(14(6-16)8-26)36-19-11-29-20(25)7-17(19)15-9-27-13-28-10-15/h4-7,9-13H,1-3H3,(H,32,33). The first kappa shape index (κ1) is 26.9. The van der Waals surface area contributed by atoms with Crippen molar-refractivity contribution in [1.29, 1.82) is 5.26 Å². The molecule has 38 heavy (non-hydrogen) atoms. The van der Waals surface area contributed by atoms with Gasteiger partial charge in [0.15, 0.2) is 11.6 Å². The quantitative estimate of drug-likeness (QED) is 0.294. The highest BCUT2D eigenvalue weighted by molar-refractivity contribution is 7.93. The number of sulfonamides is 1. The van der Waals surface area contributed by atoms with E-state index in [1.807, 2.05) is 26.8 Å². The summed E-state index contributed by atoms with van der Waals surface area (Å²) in [6.45, 7) is 5.62. The molecule has 0 unspecified atom stereocenters. The lowest BCUT2D eigenvalue weighted by Gasteiger charge is -2.18. The Labute approximate surface area is 227 Å². The summed E-state index contributed by atoms with van der Waals surface area (Å²) in [4.78, 5) is 27.8. The number of ether oxygens (including phenoxy) is 1. The number of nitrogens with zero attached hydrogens (tertiary/aromatic N) is 6. The molecule has 3 heterocycles. The maximum Gasteiger partial charge on any atom is 0.427 e. The molecular weight excluding hydrogens is 552 g/mol. The lowest BCUT2D eigenvalue weighted by Crippen LogP contribution is -2.36. The third kappa shape index (κ3) is 5.42. The van der Waals surface area contributed by atoms with Crippen molar-refractivity contribution in [3.63, 3.8) is 0 Å². The van der Waals surface area contributed by atoms with Crippen LogP contribution in [0.4, 0.5) is 10.6 Å². The molecule has 0 saturated carbocycles. The van der Waals surface area contributed by atoms with E-state index in [1.165, 1.54) is 42.4 Å². The number of hydrogen-bond donors (Lipinski definition) is 1. The molecule has 0 aliphatic heterocycles. The molecule has 0 saturated heterocycles. The summed E-state index contributed by atoms with van der Waals surface area (Å²) in [6, 6.07) is 6.86. The zero-order valence-corrected chi connectivity index (χ0v) is 22.5. The van der Waals surface area contributed by atoms with Crippen LogP contribution in [0, 0.1) is 11.3 Å². The molecule has 0 fully saturated rings. The van der Waals surface area contributed by atoms with Gasteiger partial charge in [0, 0.05) is 34.3 Å². The number of hydrogen-bond acceptors (Lipinski definition) is 10. The predicted molar refractivity (Wildman–Crippen MR) is 140 cm³/mol. The summed E-state index contributed by atoms with van der Waals surface area (Å²) in [5, 5.41) is 21.6. The Hall–Kier alpha value is -4.12. The van der Waals surface area contributed by atoms with Gasteiger partial charge in [-0.3, -0.25) is 0 Å². The second kappa shape index (κ2) is 10.3. The number of pyridine rings is 1. The highest BCUT2D eigenvalue weighted by Gasteiger charge is 2.34. The van der Waals surface area contributed by atoms with Crippen molar-refractivity contribution < 1.29 is 23.1 Å². The van der Waals surface area contributed by atoms with E-state index in [0.717, 1.165) is 23.5 Å². The molecule has 11 nitrogen and oxygen atoms in total. The third-order valence-electron chi connectivity index (χ3n) is 5.05. The lowest BCUT2D eigenvalue weighted by molar-refractivity contribution is 0.206. The Morgan fingerprint density at radius 1 is 1.16 bits per heavy atom. The molecule has 1 N–H and O–H groups in total. The molecule has 3 aromatic heterocycles. The second-order valence-electron chi connectivity index (χ2n) is 8.82. The summed E-state index contributed by atoms with van der Waals surface area (Å²) in [7, 11) is -4.64. The number of nitriles is 1. The molecule has 194 valence electrons. The Morgan fingerprint density at radius 3 is 2.47 bits per heavy atom. The molecule has 0 atom stereocenters. The fourth-order valence-electron chi connectivity index (χ4n) is 3.26. The predicted octanol–water partition coefficient (Wildman–Crippen LogP) is 5.48. The Bertz CT molecular complexity index is 1660.